The maximum absolute atomic E-state index is 12.9. The van der Waals surface area contributed by atoms with Crippen LogP contribution in [0.5, 0.6) is 0 Å². The fourth-order valence-corrected chi connectivity index (χ4v) is 4.14. The Kier molecular flexibility index (Phi) is 4.62. The minimum absolute atomic E-state index is 0.0546. The number of hydrogen-bond acceptors (Lipinski definition) is 3. The Morgan fingerprint density at radius 2 is 1.84 bits per heavy atom. The number of carbonyl (C=O) groups is 1. The summed E-state index contributed by atoms with van der Waals surface area (Å²) >= 11 is 0. The third-order valence-corrected chi connectivity index (χ3v) is 5.97. The zero-order chi connectivity index (χ0) is 18.1. The van der Waals surface area contributed by atoms with E-state index < -0.39 is 21.7 Å². The fraction of sp³-hybridized carbons (Fsp3) is 0.278. The van der Waals surface area contributed by atoms with E-state index in [0.29, 0.717) is 5.69 Å². The van der Waals surface area contributed by atoms with Crippen LogP contribution in [0.4, 0.5) is 10.1 Å². The SMILES string of the molecule is CCC1(NS(=O)(=O)c2cccc(C(=O)Nc3ccc(F)cc3)c2)CC1. The molecule has 7 heteroatoms. The molecule has 1 aliphatic rings. The molecule has 3 rings (SSSR count). The third-order valence-electron chi connectivity index (χ3n) is 4.39. The van der Waals surface area contributed by atoms with E-state index in [0.717, 1.165) is 19.3 Å². The summed E-state index contributed by atoms with van der Waals surface area (Å²) in [7, 11) is -3.68. The third kappa shape index (κ3) is 4.05. The van der Waals surface area contributed by atoms with Crippen molar-refractivity contribution in [3.8, 4) is 0 Å². The predicted molar refractivity (Wildman–Crippen MR) is 93.4 cm³/mol. The van der Waals surface area contributed by atoms with E-state index in [-0.39, 0.29) is 16.0 Å². The molecule has 2 aromatic rings. The summed E-state index contributed by atoms with van der Waals surface area (Å²) in [4.78, 5) is 12.4. The second-order valence-electron chi connectivity index (χ2n) is 6.23. The van der Waals surface area contributed by atoms with E-state index in [1.54, 1.807) is 0 Å². The zero-order valence-corrected chi connectivity index (χ0v) is 14.6. The first kappa shape index (κ1) is 17.6. The van der Waals surface area contributed by atoms with Crippen LogP contribution < -0.4 is 10.0 Å². The predicted octanol–water partition coefficient (Wildman–Crippen LogP) is 3.30. The smallest absolute Gasteiger partial charge is 0.255 e. The Morgan fingerprint density at radius 3 is 2.44 bits per heavy atom. The van der Waals surface area contributed by atoms with Crippen LogP contribution in [0.2, 0.25) is 0 Å². The zero-order valence-electron chi connectivity index (χ0n) is 13.8. The van der Waals surface area contributed by atoms with Crippen LogP contribution >= 0.6 is 0 Å². The molecule has 0 saturated heterocycles. The minimum atomic E-state index is -3.68. The number of carbonyl (C=O) groups excluding carboxylic acids is 1. The van der Waals surface area contributed by atoms with E-state index in [1.165, 1.54) is 48.5 Å². The number of hydrogen-bond donors (Lipinski definition) is 2. The van der Waals surface area contributed by atoms with Crippen molar-refractivity contribution in [2.24, 2.45) is 0 Å². The molecule has 0 heterocycles. The molecular weight excluding hydrogens is 343 g/mol. The van der Waals surface area contributed by atoms with Crippen LogP contribution in [0.3, 0.4) is 0 Å². The van der Waals surface area contributed by atoms with Gasteiger partial charge in [-0.1, -0.05) is 13.0 Å². The second-order valence-corrected chi connectivity index (χ2v) is 7.91. The Bertz CT molecular complexity index is 891. The van der Waals surface area contributed by atoms with Crippen LogP contribution in [0, 0.1) is 5.82 Å². The topological polar surface area (TPSA) is 75.3 Å². The standard InChI is InChI=1S/C18H19FN2O3S/c1-2-18(10-11-18)21-25(23,24)16-5-3-4-13(12-16)17(22)20-15-8-6-14(19)7-9-15/h3-9,12,21H,2,10-11H2,1H3,(H,20,22). The number of anilines is 1. The van der Waals surface area contributed by atoms with Crippen LogP contribution in [0.25, 0.3) is 0 Å². The van der Waals surface area contributed by atoms with Gasteiger partial charge in [0.2, 0.25) is 10.0 Å². The molecule has 2 N–H and O–H groups in total. The monoisotopic (exact) mass is 362 g/mol. The van der Waals surface area contributed by atoms with Crippen molar-refractivity contribution < 1.29 is 17.6 Å². The van der Waals surface area contributed by atoms with Gasteiger partial charge in [-0.3, -0.25) is 4.79 Å². The molecule has 25 heavy (non-hydrogen) atoms. The van der Waals surface area contributed by atoms with Crippen molar-refractivity contribution in [3.05, 3.63) is 59.9 Å². The van der Waals surface area contributed by atoms with Gasteiger partial charge in [-0.2, -0.15) is 0 Å². The highest BCUT2D eigenvalue weighted by Crippen LogP contribution is 2.39. The lowest BCUT2D eigenvalue weighted by molar-refractivity contribution is 0.102. The molecule has 0 aromatic heterocycles. The van der Waals surface area contributed by atoms with Crippen molar-refractivity contribution in [2.45, 2.75) is 36.6 Å². The molecule has 1 saturated carbocycles. The highest BCUT2D eigenvalue weighted by Gasteiger charge is 2.44. The van der Waals surface area contributed by atoms with Gasteiger partial charge in [0.05, 0.1) is 4.90 Å². The van der Waals surface area contributed by atoms with E-state index in [9.17, 15) is 17.6 Å². The number of halogens is 1. The Morgan fingerprint density at radius 1 is 1.16 bits per heavy atom. The van der Waals surface area contributed by atoms with Crippen LogP contribution in [-0.2, 0) is 10.0 Å². The fourth-order valence-electron chi connectivity index (χ4n) is 2.56. The minimum Gasteiger partial charge on any atom is -0.322 e. The largest absolute Gasteiger partial charge is 0.322 e. The number of rotatable bonds is 6. The van der Waals surface area contributed by atoms with Gasteiger partial charge >= 0.3 is 0 Å². The normalized spacial score (nSPS) is 15.6. The highest BCUT2D eigenvalue weighted by molar-refractivity contribution is 7.89. The molecule has 1 amide bonds. The molecule has 2 aromatic carbocycles. The van der Waals surface area contributed by atoms with E-state index in [4.69, 9.17) is 0 Å². The Balaban J connectivity index is 1.78. The number of amides is 1. The van der Waals surface area contributed by atoms with Crippen molar-refractivity contribution in [3.63, 3.8) is 0 Å². The average Bonchev–Trinajstić information content (AvgIpc) is 3.36. The molecule has 5 nitrogen and oxygen atoms in total. The van der Waals surface area contributed by atoms with Gasteiger partial charge in [0.25, 0.3) is 5.91 Å². The second kappa shape index (κ2) is 6.57. The maximum Gasteiger partial charge on any atom is 0.255 e. The van der Waals surface area contributed by atoms with Gasteiger partial charge in [-0.15, -0.1) is 0 Å². The van der Waals surface area contributed by atoms with Gasteiger partial charge in [-0.25, -0.2) is 17.5 Å². The van der Waals surface area contributed by atoms with Gasteiger partial charge < -0.3 is 5.32 Å². The Hall–Kier alpha value is -2.25. The van der Waals surface area contributed by atoms with E-state index in [1.807, 2.05) is 6.92 Å². The number of benzene rings is 2. The molecule has 1 fully saturated rings. The maximum atomic E-state index is 12.9. The van der Waals surface area contributed by atoms with Crippen molar-refractivity contribution in [1.29, 1.82) is 0 Å². The van der Waals surface area contributed by atoms with Crippen molar-refractivity contribution in [1.82, 2.24) is 4.72 Å². The van der Waals surface area contributed by atoms with Gasteiger partial charge in [-0.05, 0) is 61.7 Å². The number of sulfonamides is 1. The summed E-state index contributed by atoms with van der Waals surface area (Å²) in [6, 6.07) is 11.2. The summed E-state index contributed by atoms with van der Waals surface area (Å²) < 4.78 is 40.7. The van der Waals surface area contributed by atoms with Gasteiger partial charge in [0.1, 0.15) is 5.82 Å². The molecule has 0 aliphatic heterocycles. The summed E-state index contributed by atoms with van der Waals surface area (Å²) in [6.45, 7) is 1.95. The molecule has 1 aliphatic carbocycles. The Labute approximate surface area is 146 Å². The molecule has 0 spiro atoms. The summed E-state index contributed by atoms with van der Waals surface area (Å²) in [5, 5.41) is 2.62. The highest BCUT2D eigenvalue weighted by atomic mass is 32.2. The molecular formula is C18H19FN2O3S. The summed E-state index contributed by atoms with van der Waals surface area (Å²) in [5.74, 6) is -0.859. The van der Waals surface area contributed by atoms with Crippen molar-refractivity contribution >= 4 is 21.6 Å². The molecule has 0 radical (unpaired) electrons. The summed E-state index contributed by atoms with van der Waals surface area (Å²) in [6.07, 6.45) is 2.39. The lowest BCUT2D eigenvalue weighted by Crippen LogP contribution is -2.36. The van der Waals surface area contributed by atoms with E-state index in [2.05, 4.69) is 10.0 Å². The van der Waals surface area contributed by atoms with E-state index >= 15 is 0 Å². The lowest BCUT2D eigenvalue weighted by atomic mass is 10.2. The quantitative estimate of drug-likeness (QED) is 0.828. The molecule has 0 atom stereocenters. The molecule has 132 valence electrons. The average molecular weight is 362 g/mol. The van der Waals surface area contributed by atoms with Crippen LogP contribution in [0.15, 0.2) is 53.4 Å². The van der Waals surface area contributed by atoms with Crippen molar-refractivity contribution in [2.75, 3.05) is 5.32 Å². The van der Waals surface area contributed by atoms with Crippen LogP contribution in [0.1, 0.15) is 36.5 Å². The van der Waals surface area contributed by atoms with Gasteiger partial charge in [0, 0.05) is 16.8 Å². The van der Waals surface area contributed by atoms with Gasteiger partial charge in [0.15, 0.2) is 0 Å². The molecule has 0 unspecified atom stereocenters. The summed E-state index contributed by atoms with van der Waals surface area (Å²) in [5.41, 5.74) is 0.305. The first-order chi connectivity index (χ1) is 11.8. The molecule has 0 bridgehead atoms. The first-order valence-corrected chi connectivity index (χ1v) is 9.53. The number of nitrogens with one attached hydrogen (secondary N) is 2. The first-order valence-electron chi connectivity index (χ1n) is 8.05. The van der Waals surface area contributed by atoms with Crippen LogP contribution in [-0.4, -0.2) is 19.9 Å². The lowest BCUT2D eigenvalue weighted by Gasteiger charge is -2.15.